The molecule has 1 aromatic heterocycles. The predicted molar refractivity (Wildman–Crippen MR) is 108 cm³/mol. The first-order valence-corrected chi connectivity index (χ1v) is 8.38. The Morgan fingerprint density at radius 1 is 0.577 bits per heavy atom. The van der Waals surface area contributed by atoms with Gasteiger partial charge in [-0.2, -0.15) is 0 Å². The van der Waals surface area contributed by atoms with Crippen LogP contribution in [0.1, 0.15) is 22.5 Å². The molecule has 3 nitrogen and oxygen atoms in total. The number of rotatable bonds is 6. The lowest BCUT2D eigenvalue weighted by Crippen LogP contribution is -1.85. The molecule has 0 radical (unpaired) electrons. The van der Waals surface area contributed by atoms with Crippen molar-refractivity contribution in [2.24, 2.45) is 0 Å². The van der Waals surface area contributed by atoms with Crippen molar-refractivity contribution in [2.75, 3.05) is 14.2 Å². The van der Waals surface area contributed by atoms with Gasteiger partial charge >= 0.3 is 0 Å². The third kappa shape index (κ3) is 4.84. The zero-order chi connectivity index (χ0) is 18.2. The zero-order valence-electron chi connectivity index (χ0n) is 14.9. The molecule has 1 heterocycles. The summed E-state index contributed by atoms with van der Waals surface area (Å²) in [6.45, 7) is 0. The second-order valence-corrected chi connectivity index (χ2v) is 5.70. The summed E-state index contributed by atoms with van der Waals surface area (Å²) < 4.78 is 10.3. The maximum Gasteiger partial charge on any atom is 0.118 e. The molecule has 0 aliphatic carbocycles. The summed E-state index contributed by atoms with van der Waals surface area (Å²) >= 11 is 0. The van der Waals surface area contributed by atoms with Crippen LogP contribution in [0.25, 0.3) is 24.3 Å². The van der Waals surface area contributed by atoms with E-state index in [2.05, 4.69) is 4.98 Å². The Bertz CT molecular complexity index is 822. The molecule has 2 aromatic carbocycles. The van der Waals surface area contributed by atoms with E-state index in [0.717, 1.165) is 34.0 Å². The summed E-state index contributed by atoms with van der Waals surface area (Å²) in [5, 5.41) is 0. The summed E-state index contributed by atoms with van der Waals surface area (Å²) in [6, 6.07) is 21.8. The first-order chi connectivity index (χ1) is 12.8. The molecule has 130 valence electrons. The fourth-order valence-corrected chi connectivity index (χ4v) is 2.45. The third-order valence-corrected chi connectivity index (χ3v) is 3.92. The quantitative estimate of drug-likeness (QED) is 0.597. The lowest BCUT2D eigenvalue weighted by Gasteiger charge is -2.00. The maximum atomic E-state index is 5.17. The molecule has 3 rings (SSSR count). The van der Waals surface area contributed by atoms with Gasteiger partial charge in [-0.15, -0.1) is 0 Å². The molecule has 0 amide bonds. The normalized spacial score (nSPS) is 11.2. The number of ether oxygens (including phenoxy) is 2. The first kappa shape index (κ1) is 17.5. The highest BCUT2D eigenvalue weighted by molar-refractivity contribution is 5.71. The van der Waals surface area contributed by atoms with Gasteiger partial charge in [0, 0.05) is 0 Å². The van der Waals surface area contributed by atoms with E-state index in [1.807, 2.05) is 91.0 Å². The molecule has 0 spiro atoms. The molecular weight excluding hydrogens is 322 g/mol. The van der Waals surface area contributed by atoms with E-state index in [1.54, 1.807) is 14.2 Å². The lowest BCUT2D eigenvalue weighted by atomic mass is 10.1. The molecule has 3 aromatic rings. The van der Waals surface area contributed by atoms with Crippen molar-refractivity contribution in [3.8, 4) is 11.5 Å². The van der Waals surface area contributed by atoms with Crippen LogP contribution in [0, 0.1) is 0 Å². The minimum atomic E-state index is 0.853. The highest BCUT2D eigenvalue weighted by atomic mass is 16.5. The molecule has 0 atom stereocenters. The number of pyridine rings is 1. The van der Waals surface area contributed by atoms with E-state index in [1.165, 1.54) is 0 Å². The van der Waals surface area contributed by atoms with Gasteiger partial charge < -0.3 is 9.47 Å². The topological polar surface area (TPSA) is 31.4 Å². The van der Waals surface area contributed by atoms with Gasteiger partial charge in [0.1, 0.15) is 11.5 Å². The van der Waals surface area contributed by atoms with Crippen LogP contribution >= 0.6 is 0 Å². The number of hydrogen-bond acceptors (Lipinski definition) is 3. The highest BCUT2D eigenvalue weighted by Crippen LogP contribution is 2.15. The number of aromatic nitrogens is 1. The van der Waals surface area contributed by atoms with Crippen molar-refractivity contribution >= 4 is 24.3 Å². The van der Waals surface area contributed by atoms with Gasteiger partial charge in [-0.25, -0.2) is 4.98 Å². The number of hydrogen-bond donors (Lipinski definition) is 0. The minimum Gasteiger partial charge on any atom is -0.497 e. The molecule has 0 saturated carbocycles. The second-order valence-electron chi connectivity index (χ2n) is 5.70. The smallest absolute Gasteiger partial charge is 0.118 e. The second kappa shape index (κ2) is 8.67. The van der Waals surface area contributed by atoms with Crippen molar-refractivity contribution < 1.29 is 9.47 Å². The summed E-state index contributed by atoms with van der Waals surface area (Å²) in [5.41, 5.74) is 4.04. The van der Waals surface area contributed by atoms with E-state index < -0.39 is 0 Å². The molecular formula is C23H21NO2. The predicted octanol–water partition coefficient (Wildman–Crippen LogP) is 5.44. The molecule has 26 heavy (non-hydrogen) atoms. The summed E-state index contributed by atoms with van der Waals surface area (Å²) in [5.74, 6) is 1.71. The fraction of sp³-hybridized carbons (Fsp3) is 0.0870. The van der Waals surface area contributed by atoms with Crippen LogP contribution in [-0.2, 0) is 0 Å². The Hall–Kier alpha value is -3.33. The number of nitrogens with zero attached hydrogens (tertiary/aromatic N) is 1. The Kier molecular flexibility index (Phi) is 5.84. The molecule has 0 N–H and O–H groups in total. The standard InChI is InChI=1S/C23H21NO2/c1-25-22-14-8-18(9-15-22)6-12-20-4-3-5-21(24-20)13-7-19-10-16-23(26-2)17-11-19/h3-17H,1-2H3/b12-6-,13-7-. The van der Waals surface area contributed by atoms with Crippen LogP contribution in [-0.4, -0.2) is 19.2 Å². The fourth-order valence-electron chi connectivity index (χ4n) is 2.45. The minimum absolute atomic E-state index is 0.853. The van der Waals surface area contributed by atoms with E-state index in [4.69, 9.17) is 9.47 Å². The van der Waals surface area contributed by atoms with Crippen molar-refractivity contribution in [1.29, 1.82) is 0 Å². The molecule has 0 saturated heterocycles. The lowest BCUT2D eigenvalue weighted by molar-refractivity contribution is 0.414. The van der Waals surface area contributed by atoms with E-state index in [0.29, 0.717) is 0 Å². The van der Waals surface area contributed by atoms with Gasteiger partial charge in [0.05, 0.1) is 25.6 Å². The van der Waals surface area contributed by atoms with E-state index >= 15 is 0 Å². The number of benzene rings is 2. The molecule has 0 unspecified atom stereocenters. The molecule has 0 bridgehead atoms. The van der Waals surface area contributed by atoms with Gasteiger partial charge in [-0.3, -0.25) is 0 Å². The summed E-state index contributed by atoms with van der Waals surface area (Å²) in [6.07, 6.45) is 8.09. The highest BCUT2D eigenvalue weighted by Gasteiger charge is 1.95. The monoisotopic (exact) mass is 343 g/mol. The first-order valence-electron chi connectivity index (χ1n) is 8.38. The van der Waals surface area contributed by atoms with Crippen LogP contribution in [0.3, 0.4) is 0 Å². The van der Waals surface area contributed by atoms with E-state index in [-0.39, 0.29) is 0 Å². The SMILES string of the molecule is COc1ccc(/C=C\c2cccc(/C=C\c3ccc(OC)cc3)n2)cc1. The third-order valence-electron chi connectivity index (χ3n) is 3.92. The molecule has 0 aliphatic heterocycles. The largest absolute Gasteiger partial charge is 0.497 e. The van der Waals surface area contributed by atoms with Crippen molar-refractivity contribution in [3.05, 3.63) is 89.2 Å². The van der Waals surface area contributed by atoms with Crippen molar-refractivity contribution in [2.45, 2.75) is 0 Å². The average molecular weight is 343 g/mol. The van der Waals surface area contributed by atoms with Crippen LogP contribution in [0.2, 0.25) is 0 Å². The van der Waals surface area contributed by atoms with Gasteiger partial charge in [0.25, 0.3) is 0 Å². The van der Waals surface area contributed by atoms with E-state index in [9.17, 15) is 0 Å². The van der Waals surface area contributed by atoms with Crippen molar-refractivity contribution in [3.63, 3.8) is 0 Å². The molecule has 0 fully saturated rings. The van der Waals surface area contributed by atoms with Crippen LogP contribution < -0.4 is 9.47 Å². The van der Waals surface area contributed by atoms with Crippen LogP contribution in [0.4, 0.5) is 0 Å². The molecule has 0 aliphatic rings. The van der Waals surface area contributed by atoms with Crippen LogP contribution in [0.15, 0.2) is 66.7 Å². The Labute approximate surface area is 154 Å². The van der Waals surface area contributed by atoms with Gasteiger partial charge in [-0.1, -0.05) is 42.5 Å². The average Bonchev–Trinajstić information content (AvgIpc) is 2.72. The molecule has 3 heteroatoms. The van der Waals surface area contributed by atoms with Crippen molar-refractivity contribution in [1.82, 2.24) is 4.98 Å². The summed E-state index contributed by atoms with van der Waals surface area (Å²) in [4.78, 5) is 4.65. The number of methoxy groups -OCH3 is 2. The summed E-state index contributed by atoms with van der Waals surface area (Å²) in [7, 11) is 3.33. The maximum absolute atomic E-state index is 5.17. The van der Waals surface area contributed by atoms with Gasteiger partial charge in [-0.05, 0) is 59.7 Å². The zero-order valence-corrected chi connectivity index (χ0v) is 14.9. The van der Waals surface area contributed by atoms with Gasteiger partial charge in [0.15, 0.2) is 0 Å². The Morgan fingerprint density at radius 3 is 1.38 bits per heavy atom. The Balaban J connectivity index is 1.70. The Morgan fingerprint density at radius 2 is 1.00 bits per heavy atom. The van der Waals surface area contributed by atoms with Gasteiger partial charge in [0.2, 0.25) is 0 Å². The van der Waals surface area contributed by atoms with Crippen LogP contribution in [0.5, 0.6) is 11.5 Å².